The van der Waals surface area contributed by atoms with E-state index in [1.807, 2.05) is 6.07 Å². The van der Waals surface area contributed by atoms with Crippen molar-refractivity contribution in [3.63, 3.8) is 0 Å². The molecule has 0 saturated heterocycles. The largest absolute Gasteiger partial charge is 0.504 e. The molecule has 1 aromatic carbocycles. The van der Waals surface area contributed by atoms with Crippen molar-refractivity contribution in [3.8, 4) is 11.5 Å². The van der Waals surface area contributed by atoms with Gasteiger partial charge in [0, 0.05) is 5.56 Å². The Morgan fingerprint density at radius 1 is 1.26 bits per heavy atom. The minimum atomic E-state index is 0.0127. The Balaban J connectivity index is 1.96. The summed E-state index contributed by atoms with van der Waals surface area (Å²) in [7, 11) is 0. The highest BCUT2D eigenvalue weighted by atomic mass is 16.3. The fraction of sp³-hybridized carbons (Fsp3) is 0.529. The molecule has 0 heterocycles. The summed E-state index contributed by atoms with van der Waals surface area (Å²) in [4.78, 5) is 0. The predicted molar refractivity (Wildman–Crippen MR) is 76.4 cm³/mol. The summed E-state index contributed by atoms with van der Waals surface area (Å²) in [6.45, 7) is 2.26. The second kappa shape index (κ2) is 4.92. The molecule has 2 atom stereocenters. The van der Waals surface area contributed by atoms with Gasteiger partial charge in [0.1, 0.15) is 0 Å². The number of aromatic hydroxyl groups is 2. The molecular formula is C17H22O2. The fourth-order valence-corrected chi connectivity index (χ4v) is 3.85. The lowest BCUT2D eigenvalue weighted by Crippen LogP contribution is -2.27. The number of phenols is 2. The van der Waals surface area contributed by atoms with Crippen molar-refractivity contribution in [2.24, 2.45) is 11.8 Å². The Kier molecular flexibility index (Phi) is 3.26. The Morgan fingerprint density at radius 3 is 2.89 bits per heavy atom. The first kappa shape index (κ1) is 12.6. The molecule has 2 aliphatic carbocycles. The molecule has 0 aromatic heterocycles. The molecule has 0 fully saturated rings. The minimum Gasteiger partial charge on any atom is -0.504 e. The molecule has 2 aliphatic rings. The van der Waals surface area contributed by atoms with Gasteiger partial charge in [-0.05, 0) is 49.1 Å². The molecule has 0 spiro atoms. The van der Waals surface area contributed by atoms with Gasteiger partial charge in [-0.2, -0.15) is 0 Å². The summed E-state index contributed by atoms with van der Waals surface area (Å²) in [5.74, 6) is 1.56. The summed E-state index contributed by atoms with van der Waals surface area (Å²) in [5, 5.41) is 19.7. The third kappa shape index (κ3) is 2.13. The maximum atomic E-state index is 10.0. The van der Waals surface area contributed by atoms with E-state index < -0.39 is 0 Å². The molecule has 1 aromatic rings. The molecule has 0 bridgehead atoms. The topological polar surface area (TPSA) is 40.5 Å². The number of hydrogen-bond donors (Lipinski definition) is 2. The van der Waals surface area contributed by atoms with E-state index in [0.717, 1.165) is 24.3 Å². The number of rotatable bonds is 2. The van der Waals surface area contributed by atoms with Crippen LogP contribution in [-0.2, 0) is 12.8 Å². The lowest BCUT2D eigenvalue weighted by Gasteiger charge is -2.37. The van der Waals surface area contributed by atoms with Crippen LogP contribution in [0.4, 0.5) is 0 Å². The van der Waals surface area contributed by atoms with Gasteiger partial charge < -0.3 is 10.2 Å². The smallest absolute Gasteiger partial charge is 0.161 e. The van der Waals surface area contributed by atoms with Crippen molar-refractivity contribution in [1.29, 1.82) is 0 Å². The quantitative estimate of drug-likeness (QED) is 0.623. The summed E-state index contributed by atoms with van der Waals surface area (Å²) in [6.07, 6.45) is 9.25. The standard InChI is InChI=1S/C17H22O2/c1-2-4-11-5-3-6-12-10-15-13(9-14(11)12)7-8-16(18)17(15)19/h6-8,11,14,18-19H,2-5,9-10H2,1H3. The molecule has 0 saturated carbocycles. The van der Waals surface area contributed by atoms with Crippen LogP contribution in [0.1, 0.15) is 43.7 Å². The van der Waals surface area contributed by atoms with E-state index in [0.29, 0.717) is 5.92 Å². The molecular weight excluding hydrogens is 236 g/mol. The van der Waals surface area contributed by atoms with Gasteiger partial charge in [-0.25, -0.2) is 0 Å². The lowest BCUT2D eigenvalue weighted by molar-refractivity contribution is 0.300. The van der Waals surface area contributed by atoms with Gasteiger partial charge in [0.2, 0.25) is 0 Å². The highest BCUT2D eigenvalue weighted by Gasteiger charge is 2.32. The molecule has 2 N–H and O–H groups in total. The molecule has 0 radical (unpaired) electrons. The average molecular weight is 258 g/mol. The number of allylic oxidation sites excluding steroid dienone is 2. The van der Waals surface area contributed by atoms with Crippen LogP contribution in [0.3, 0.4) is 0 Å². The summed E-state index contributed by atoms with van der Waals surface area (Å²) in [5.41, 5.74) is 3.65. The third-order valence-corrected chi connectivity index (χ3v) is 4.83. The molecule has 2 nitrogen and oxygen atoms in total. The van der Waals surface area contributed by atoms with Crippen molar-refractivity contribution in [3.05, 3.63) is 34.9 Å². The molecule has 0 aliphatic heterocycles. The van der Waals surface area contributed by atoms with Gasteiger partial charge >= 0.3 is 0 Å². The molecule has 102 valence electrons. The summed E-state index contributed by atoms with van der Waals surface area (Å²) < 4.78 is 0. The number of benzene rings is 1. The van der Waals surface area contributed by atoms with Gasteiger partial charge in [0.05, 0.1) is 0 Å². The average Bonchev–Trinajstić information content (AvgIpc) is 2.42. The second-order valence-corrected chi connectivity index (χ2v) is 5.96. The number of phenolic OH excluding ortho intramolecular Hbond substituents is 2. The van der Waals surface area contributed by atoms with Crippen LogP contribution in [-0.4, -0.2) is 10.2 Å². The van der Waals surface area contributed by atoms with Gasteiger partial charge in [0.15, 0.2) is 11.5 Å². The molecule has 2 unspecified atom stereocenters. The van der Waals surface area contributed by atoms with Crippen molar-refractivity contribution >= 4 is 0 Å². The van der Waals surface area contributed by atoms with Crippen LogP contribution in [0.25, 0.3) is 0 Å². The van der Waals surface area contributed by atoms with E-state index in [-0.39, 0.29) is 11.5 Å². The SMILES string of the molecule is CCCC1CCC=C2Cc3c(ccc(O)c3O)CC21. The highest BCUT2D eigenvalue weighted by molar-refractivity contribution is 5.53. The van der Waals surface area contributed by atoms with Crippen LogP contribution in [0.2, 0.25) is 0 Å². The van der Waals surface area contributed by atoms with Crippen LogP contribution in [0, 0.1) is 11.8 Å². The zero-order valence-corrected chi connectivity index (χ0v) is 11.5. The molecule has 19 heavy (non-hydrogen) atoms. The summed E-state index contributed by atoms with van der Waals surface area (Å²) in [6, 6.07) is 3.61. The van der Waals surface area contributed by atoms with E-state index in [9.17, 15) is 10.2 Å². The Morgan fingerprint density at radius 2 is 2.11 bits per heavy atom. The van der Waals surface area contributed by atoms with Crippen LogP contribution >= 0.6 is 0 Å². The maximum Gasteiger partial charge on any atom is 0.161 e. The first-order chi connectivity index (χ1) is 9.20. The third-order valence-electron chi connectivity index (χ3n) is 4.83. The van der Waals surface area contributed by atoms with Crippen molar-refractivity contribution in [2.75, 3.05) is 0 Å². The zero-order chi connectivity index (χ0) is 13.4. The first-order valence-corrected chi connectivity index (χ1v) is 7.42. The predicted octanol–water partition coefficient (Wildman–Crippen LogP) is 3.95. The van der Waals surface area contributed by atoms with Crippen molar-refractivity contribution in [1.82, 2.24) is 0 Å². The lowest BCUT2D eigenvalue weighted by atomic mass is 9.68. The monoisotopic (exact) mass is 258 g/mol. The van der Waals surface area contributed by atoms with Gasteiger partial charge in [-0.3, -0.25) is 0 Å². The molecule has 0 amide bonds. The second-order valence-electron chi connectivity index (χ2n) is 5.96. The van der Waals surface area contributed by atoms with E-state index in [4.69, 9.17) is 0 Å². The van der Waals surface area contributed by atoms with E-state index >= 15 is 0 Å². The number of hydrogen-bond acceptors (Lipinski definition) is 2. The van der Waals surface area contributed by atoms with Gasteiger partial charge in [-0.15, -0.1) is 0 Å². The summed E-state index contributed by atoms with van der Waals surface area (Å²) >= 11 is 0. The van der Waals surface area contributed by atoms with E-state index in [1.165, 1.54) is 36.8 Å². The van der Waals surface area contributed by atoms with Crippen LogP contribution < -0.4 is 0 Å². The normalized spacial score (nSPS) is 25.4. The van der Waals surface area contributed by atoms with Gasteiger partial charge in [-0.1, -0.05) is 37.5 Å². The highest BCUT2D eigenvalue weighted by Crippen LogP contribution is 2.45. The Labute approximate surface area is 114 Å². The van der Waals surface area contributed by atoms with Crippen LogP contribution in [0.15, 0.2) is 23.8 Å². The van der Waals surface area contributed by atoms with E-state index in [1.54, 1.807) is 6.07 Å². The van der Waals surface area contributed by atoms with Crippen LogP contribution in [0.5, 0.6) is 11.5 Å². The Bertz CT molecular complexity index is 516. The minimum absolute atomic E-state index is 0.0127. The number of fused-ring (bicyclic) bond motifs is 2. The molecule has 2 heteroatoms. The van der Waals surface area contributed by atoms with E-state index in [2.05, 4.69) is 13.0 Å². The maximum absolute atomic E-state index is 10.0. The van der Waals surface area contributed by atoms with Gasteiger partial charge in [0.25, 0.3) is 0 Å². The van der Waals surface area contributed by atoms with Crippen molar-refractivity contribution in [2.45, 2.75) is 45.4 Å². The Hall–Kier alpha value is -1.44. The zero-order valence-electron chi connectivity index (χ0n) is 11.5. The fourth-order valence-electron chi connectivity index (χ4n) is 3.85. The first-order valence-electron chi connectivity index (χ1n) is 7.42. The van der Waals surface area contributed by atoms with Crippen molar-refractivity contribution < 1.29 is 10.2 Å². The molecule has 3 rings (SSSR count).